The van der Waals surface area contributed by atoms with Crippen molar-refractivity contribution in [2.24, 2.45) is 0 Å². The van der Waals surface area contributed by atoms with Crippen molar-refractivity contribution in [3.63, 3.8) is 0 Å². The molecule has 3 aromatic rings. The number of fused-ring (bicyclic) bond motifs is 2. The van der Waals surface area contributed by atoms with Crippen LogP contribution in [0.2, 0.25) is 0 Å². The average Bonchev–Trinajstić information content (AvgIpc) is 2.60. The lowest BCUT2D eigenvalue weighted by molar-refractivity contribution is -0.870. The highest BCUT2D eigenvalue weighted by atomic mass is 32.1. The number of ether oxygens (including phenoxy) is 2. The van der Waals surface area contributed by atoms with E-state index in [-0.39, 0.29) is 5.43 Å². The third kappa shape index (κ3) is 5.92. The molecule has 6 heteroatoms. The zero-order valence-electron chi connectivity index (χ0n) is 18.3. The predicted octanol–water partition coefficient (Wildman–Crippen LogP) is 3.58. The maximum atomic E-state index is 13.0. The molecule has 0 aliphatic heterocycles. The molecule has 0 bridgehead atoms. The smallest absolute Gasteiger partial charge is 0.196 e. The van der Waals surface area contributed by atoms with E-state index in [9.17, 15) is 4.79 Å². The van der Waals surface area contributed by atoms with Gasteiger partial charge in [-0.25, -0.2) is 0 Å². The maximum Gasteiger partial charge on any atom is 0.196 e. The Morgan fingerprint density at radius 1 is 0.724 bits per heavy atom. The Bertz CT molecular complexity index is 1060. The van der Waals surface area contributed by atoms with Gasteiger partial charge in [0, 0.05) is 20.2 Å². The molecule has 0 saturated heterocycles. The van der Waals surface area contributed by atoms with Gasteiger partial charge < -0.3 is 18.4 Å². The molecule has 0 fully saturated rings. The van der Waals surface area contributed by atoms with Crippen molar-refractivity contribution in [2.75, 3.05) is 68.6 Å². The summed E-state index contributed by atoms with van der Waals surface area (Å²) in [4.78, 5) is 13.0. The van der Waals surface area contributed by atoms with Gasteiger partial charge in [-0.1, -0.05) is 0 Å². The van der Waals surface area contributed by atoms with E-state index < -0.39 is 0 Å². The highest BCUT2D eigenvalue weighted by Crippen LogP contribution is 2.29. The van der Waals surface area contributed by atoms with Crippen LogP contribution in [-0.2, 0) is 0 Å². The summed E-state index contributed by atoms with van der Waals surface area (Å²) >= 11 is 1.61. The molecule has 29 heavy (non-hydrogen) atoms. The van der Waals surface area contributed by atoms with Gasteiger partial charge in [0.1, 0.15) is 37.8 Å². The molecular weight excluding hydrogens is 384 g/mol. The van der Waals surface area contributed by atoms with E-state index in [1.807, 2.05) is 36.4 Å². The molecule has 0 N–H and O–H groups in total. The van der Waals surface area contributed by atoms with Gasteiger partial charge in [0.25, 0.3) is 0 Å². The van der Waals surface area contributed by atoms with Gasteiger partial charge in [-0.05, 0) is 36.4 Å². The van der Waals surface area contributed by atoms with Crippen LogP contribution in [0.15, 0.2) is 41.2 Å². The third-order valence-corrected chi connectivity index (χ3v) is 5.81. The Morgan fingerprint density at radius 3 is 1.86 bits per heavy atom. The highest BCUT2D eigenvalue weighted by molar-refractivity contribution is 7.24. The SMILES string of the molecule is C[N+](C)(C)CCOc1ccc2c(=O)c3cc(OCC[N+](C)(C)C)ccc3sc2c1. The maximum absolute atomic E-state index is 13.0. The van der Waals surface area contributed by atoms with Crippen LogP contribution in [0.5, 0.6) is 11.5 Å². The van der Waals surface area contributed by atoms with Gasteiger partial charge in [0.05, 0.1) is 42.3 Å². The molecule has 3 rings (SSSR count). The van der Waals surface area contributed by atoms with E-state index in [1.54, 1.807) is 11.3 Å². The van der Waals surface area contributed by atoms with E-state index in [1.165, 1.54) is 0 Å². The van der Waals surface area contributed by atoms with E-state index in [0.717, 1.165) is 48.3 Å². The van der Waals surface area contributed by atoms with Crippen LogP contribution in [0.1, 0.15) is 0 Å². The fourth-order valence-corrected chi connectivity index (χ4v) is 3.95. The molecule has 2 aromatic carbocycles. The van der Waals surface area contributed by atoms with Gasteiger partial charge in [0.2, 0.25) is 0 Å². The van der Waals surface area contributed by atoms with Crippen molar-refractivity contribution in [1.29, 1.82) is 0 Å². The van der Waals surface area contributed by atoms with Crippen LogP contribution in [0.25, 0.3) is 20.2 Å². The molecule has 0 saturated carbocycles. The highest BCUT2D eigenvalue weighted by Gasteiger charge is 2.11. The summed E-state index contributed by atoms with van der Waals surface area (Å²) in [6.45, 7) is 3.09. The minimum absolute atomic E-state index is 0.0451. The zero-order chi connectivity index (χ0) is 21.2. The first-order chi connectivity index (χ1) is 13.5. The van der Waals surface area contributed by atoms with Crippen LogP contribution in [-0.4, -0.2) is 77.6 Å². The molecule has 0 spiro atoms. The molecule has 1 aromatic heterocycles. The first-order valence-corrected chi connectivity index (χ1v) is 10.7. The topological polar surface area (TPSA) is 35.5 Å². The van der Waals surface area contributed by atoms with Crippen molar-refractivity contribution >= 4 is 31.5 Å². The average molecular weight is 417 g/mol. The Kier molecular flexibility index (Phi) is 6.17. The largest absolute Gasteiger partial charge is 0.488 e. The molecule has 0 unspecified atom stereocenters. The lowest BCUT2D eigenvalue weighted by atomic mass is 10.1. The number of likely N-dealkylation sites (N-methyl/N-ethyl adjacent to an activating group) is 2. The summed E-state index contributed by atoms with van der Waals surface area (Å²) in [5.41, 5.74) is 0.0451. The van der Waals surface area contributed by atoms with Gasteiger partial charge in [-0.3, -0.25) is 4.79 Å². The number of nitrogens with zero attached hydrogens (tertiary/aromatic N) is 2. The standard InChI is InChI=1S/C23H32N2O3S/c1-24(2,3)11-13-27-17-8-10-21-20(15-17)23(26)19-9-7-18(16-22(19)29-21)28-14-12-25(4,5)6/h7-10,15-16H,11-14H2,1-6H3/q+2. The van der Waals surface area contributed by atoms with Crippen LogP contribution in [0, 0.1) is 0 Å². The van der Waals surface area contributed by atoms with Gasteiger partial charge in [-0.2, -0.15) is 0 Å². The van der Waals surface area contributed by atoms with E-state index in [2.05, 4.69) is 42.3 Å². The lowest BCUT2D eigenvalue weighted by Crippen LogP contribution is -2.38. The first-order valence-electron chi connectivity index (χ1n) is 9.89. The third-order valence-electron chi connectivity index (χ3n) is 4.67. The summed E-state index contributed by atoms with van der Waals surface area (Å²) in [5, 5.41) is 1.44. The second-order valence-corrected chi connectivity index (χ2v) is 10.6. The Hall–Kier alpha value is -2.15. The van der Waals surface area contributed by atoms with E-state index >= 15 is 0 Å². The number of quaternary nitrogens is 2. The first kappa shape index (κ1) is 21.6. The summed E-state index contributed by atoms with van der Waals surface area (Å²) in [6, 6.07) is 11.5. The van der Waals surface area contributed by atoms with Crippen molar-refractivity contribution in [2.45, 2.75) is 0 Å². The van der Waals surface area contributed by atoms with Crippen LogP contribution >= 0.6 is 11.3 Å². The molecule has 0 aliphatic carbocycles. The number of benzene rings is 2. The molecule has 0 radical (unpaired) electrons. The van der Waals surface area contributed by atoms with Gasteiger partial charge >= 0.3 is 0 Å². The Morgan fingerprint density at radius 2 is 1.28 bits per heavy atom. The second-order valence-electron chi connectivity index (χ2n) is 9.47. The quantitative estimate of drug-likeness (QED) is 0.416. The molecule has 0 atom stereocenters. The molecule has 5 nitrogen and oxygen atoms in total. The normalized spacial score (nSPS) is 12.5. The summed E-state index contributed by atoms with van der Waals surface area (Å²) in [7, 11) is 12.8. The molecule has 0 aliphatic rings. The minimum atomic E-state index is 0.0451. The van der Waals surface area contributed by atoms with Crippen molar-refractivity contribution < 1.29 is 18.4 Å². The van der Waals surface area contributed by atoms with Crippen LogP contribution < -0.4 is 14.9 Å². The lowest BCUT2D eigenvalue weighted by Gasteiger charge is -2.23. The van der Waals surface area contributed by atoms with Crippen molar-refractivity contribution in [3.05, 3.63) is 46.6 Å². The van der Waals surface area contributed by atoms with E-state index in [0.29, 0.717) is 18.6 Å². The Balaban J connectivity index is 1.84. The minimum Gasteiger partial charge on any atom is -0.488 e. The summed E-state index contributed by atoms with van der Waals surface area (Å²) < 4.78 is 15.4. The number of rotatable bonds is 8. The number of hydrogen-bond donors (Lipinski definition) is 0. The molecule has 1 heterocycles. The fraction of sp³-hybridized carbons (Fsp3) is 0.435. The molecular formula is C23H32N2O3S+2. The second kappa shape index (κ2) is 8.30. The van der Waals surface area contributed by atoms with Gasteiger partial charge in [-0.15, -0.1) is 11.3 Å². The van der Waals surface area contributed by atoms with E-state index in [4.69, 9.17) is 9.47 Å². The number of hydrogen-bond acceptors (Lipinski definition) is 4. The monoisotopic (exact) mass is 416 g/mol. The molecule has 156 valence electrons. The zero-order valence-corrected chi connectivity index (χ0v) is 19.1. The Labute approximate surface area is 176 Å². The van der Waals surface area contributed by atoms with Gasteiger partial charge in [0.15, 0.2) is 5.43 Å². The fourth-order valence-electron chi connectivity index (χ4n) is 2.87. The summed E-state index contributed by atoms with van der Waals surface area (Å²) in [5.74, 6) is 1.55. The van der Waals surface area contributed by atoms with Crippen molar-refractivity contribution in [3.8, 4) is 11.5 Å². The van der Waals surface area contributed by atoms with Crippen LogP contribution in [0.4, 0.5) is 0 Å². The van der Waals surface area contributed by atoms with Crippen molar-refractivity contribution in [1.82, 2.24) is 0 Å². The predicted molar refractivity (Wildman–Crippen MR) is 122 cm³/mol. The van der Waals surface area contributed by atoms with Crippen LogP contribution in [0.3, 0.4) is 0 Å². The summed E-state index contributed by atoms with van der Waals surface area (Å²) in [6.07, 6.45) is 0. The molecule has 0 amide bonds.